The van der Waals surface area contributed by atoms with Crippen molar-refractivity contribution in [3.05, 3.63) is 118 Å². The monoisotopic (exact) mass is 1200 g/mol. The molecule has 2 fully saturated rings. The van der Waals surface area contributed by atoms with Gasteiger partial charge in [-0.25, -0.2) is 0 Å². The molecular formula is C56H81IN2O18. The minimum atomic E-state index is -2.39. The molecule has 1 amide bonds. The summed E-state index contributed by atoms with van der Waals surface area (Å²) < 4.78 is 24.6. The smallest absolute Gasteiger partial charge is 0.311 e. The van der Waals surface area contributed by atoms with Gasteiger partial charge in [-0.1, -0.05) is 111 Å². The number of amides is 1. The Labute approximate surface area is 464 Å². The van der Waals surface area contributed by atoms with E-state index >= 15 is 0 Å². The van der Waals surface area contributed by atoms with Crippen LogP contribution in [0.3, 0.4) is 0 Å². The zero-order chi connectivity index (χ0) is 57.0. The molecule has 0 radical (unpaired) electrons. The first-order valence-corrected chi connectivity index (χ1v) is 27.2. The van der Waals surface area contributed by atoms with Crippen molar-refractivity contribution in [3.63, 3.8) is 0 Å². The maximum atomic E-state index is 13.4. The number of allylic oxidation sites excluding steroid dienone is 12. The average molecular weight is 1200 g/mol. The highest BCUT2D eigenvalue weighted by Gasteiger charge is 2.51. The van der Waals surface area contributed by atoms with E-state index in [9.17, 15) is 70.6 Å². The van der Waals surface area contributed by atoms with Gasteiger partial charge in [-0.3, -0.25) is 14.4 Å². The molecule has 20 atom stereocenters. The number of hydrogen-bond donors (Lipinski definition) is 13. The van der Waals surface area contributed by atoms with E-state index in [2.05, 4.69) is 27.9 Å². The van der Waals surface area contributed by atoms with Crippen LogP contribution in [0.5, 0.6) is 0 Å². The molecule has 1 aromatic rings. The highest BCUT2D eigenvalue weighted by atomic mass is 127. The molecule has 14 N–H and O–H groups in total. The van der Waals surface area contributed by atoms with Gasteiger partial charge in [-0.2, -0.15) is 0 Å². The number of carbonyl (C=O) groups is 3. The highest BCUT2D eigenvalue weighted by molar-refractivity contribution is 14.1. The molecule has 0 saturated carbocycles. The van der Waals surface area contributed by atoms with Crippen LogP contribution in [0, 0.1) is 21.3 Å². The third-order valence-corrected chi connectivity index (χ3v) is 14.7. The van der Waals surface area contributed by atoms with Crippen LogP contribution in [0.2, 0.25) is 0 Å². The number of aliphatic hydroxyl groups excluding tert-OH is 9. The van der Waals surface area contributed by atoms with E-state index in [-0.39, 0.29) is 31.6 Å². The van der Waals surface area contributed by atoms with Gasteiger partial charge in [0.1, 0.15) is 24.2 Å². The molecule has 2 bridgehead atoms. The molecule has 0 unspecified atom stereocenters. The summed E-state index contributed by atoms with van der Waals surface area (Å²) in [6, 6.07) is 4.97. The van der Waals surface area contributed by atoms with E-state index in [1.807, 2.05) is 37.3 Å². The molecule has 21 heteroatoms. The lowest BCUT2D eigenvalue weighted by molar-refractivity contribution is -0.309. The molecule has 3 aliphatic rings. The summed E-state index contributed by atoms with van der Waals surface area (Å²) in [5.74, 6) is -7.72. The van der Waals surface area contributed by atoms with Gasteiger partial charge >= 0.3 is 11.9 Å². The van der Waals surface area contributed by atoms with E-state index in [1.54, 1.807) is 86.8 Å². The fraction of sp³-hybridized carbons (Fsp3) is 0.589. The minimum absolute atomic E-state index is 0.129. The lowest BCUT2D eigenvalue weighted by Crippen LogP contribution is -2.65. The number of carboxylic acid groups (broad SMARTS) is 1. The molecular weight excluding hydrogens is 1120 g/mol. The lowest BCUT2D eigenvalue weighted by Gasteiger charge is -2.45. The molecule has 2 saturated heterocycles. The number of aliphatic hydroxyl groups is 10. The van der Waals surface area contributed by atoms with Gasteiger partial charge in [0.25, 0.3) is 0 Å². The van der Waals surface area contributed by atoms with Gasteiger partial charge in [0.15, 0.2) is 12.1 Å². The van der Waals surface area contributed by atoms with Crippen LogP contribution >= 0.6 is 22.6 Å². The Morgan fingerprint density at radius 1 is 0.714 bits per heavy atom. The van der Waals surface area contributed by atoms with Crippen LogP contribution in [0.1, 0.15) is 84.6 Å². The van der Waals surface area contributed by atoms with E-state index in [0.29, 0.717) is 0 Å². The largest absolute Gasteiger partial charge is 0.481 e. The number of hydrogen-bond acceptors (Lipinski definition) is 18. The Morgan fingerprint density at radius 2 is 1.30 bits per heavy atom. The first-order valence-electron chi connectivity index (χ1n) is 26.1. The number of nitrogens with one attached hydrogen (secondary N) is 1. The van der Waals surface area contributed by atoms with Crippen LogP contribution in [-0.2, 0) is 39.8 Å². The van der Waals surface area contributed by atoms with Crippen molar-refractivity contribution in [3.8, 4) is 0 Å². The van der Waals surface area contributed by atoms with E-state index < -0.39 is 165 Å². The van der Waals surface area contributed by atoms with Gasteiger partial charge in [-0.05, 0) is 79.8 Å². The third kappa shape index (κ3) is 21.9. The SMILES string of the molecule is C[C@@H]1[C@H](O)[C@@H](C)/C=C/C=C/C=C/C=C/C=C/C=C/C=C/[C@H](O[C@@H]2O[C@@H](C)[C@@H](O)[C@H](NC(=O)[C@@H](N)Cc3ccc(I)cc3)[C@@H]2O)C[C@@H]2O[C@](O)(C[C@@H](O)C[C@@H](O)[C@H](O)CC[C@@H](O)C[C@@H](O)CC(=O)O[C@H]1C)C[C@H](O)[C@H]2C(=O)O. The quantitative estimate of drug-likeness (QED) is 0.137. The Hall–Kier alpha value is -4.02. The number of rotatable bonds is 7. The third-order valence-electron chi connectivity index (χ3n) is 14.0. The van der Waals surface area contributed by atoms with Gasteiger partial charge in [-0.15, -0.1) is 0 Å². The van der Waals surface area contributed by atoms with Crippen LogP contribution in [-0.4, -0.2) is 178 Å². The molecule has 77 heavy (non-hydrogen) atoms. The van der Waals surface area contributed by atoms with E-state index in [4.69, 9.17) is 24.7 Å². The normalized spacial score (nSPS) is 40.5. The molecule has 1 aromatic carbocycles. The number of aliphatic carboxylic acids is 1. The summed E-state index contributed by atoms with van der Waals surface area (Å²) in [7, 11) is 0. The number of carbonyl (C=O) groups excluding carboxylic acids is 2. The second-order valence-corrected chi connectivity index (χ2v) is 21.7. The molecule has 3 aliphatic heterocycles. The Morgan fingerprint density at radius 3 is 1.90 bits per heavy atom. The summed E-state index contributed by atoms with van der Waals surface area (Å²) in [4.78, 5) is 38.8. The van der Waals surface area contributed by atoms with Gasteiger partial charge in [0.05, 0.1) is 79.5 Å². The number of cyclic esters (lactones) is 1. The summed E-state index contributed by atoms with van der Waals surface area (Å²) in [6.07, 6.45) is 1.90. The number of halogens is 1. The average Bonchev–Trinajstić information content (AvgIpc) is 3.35. The van der Waals surface area contributed by atoms with Crippen LogP contribution in [0.15, 0.2) is 109 Å². The number of benzene rings is 1. The van der Waals surface area contributed by atoms with Gasteiger partial charge < -0.3 is 86.2 Å². The Bertz CT molecular complexity index is 2210. The first kappa shape index (κ1) is 65.5. The van der Waals surface area contributed by atoms with Gasteiger partial charge in [0, 0.05) is 41.1 Å². The molecule has 0 aromatic heterocycles. The highest BCUT2D eigenvalue weighted by Crippen LogP contribution is 2.38. The Balaban J connectivity index is 1.59. The second-order valence-electron chi connectivity index (χ2n) is 20.5. The standard InChI is InChI=1S/C56H81IN2O18/c1-32-17-15-13-11-9-7-5-6-8-10-12-14-16-18-41(76-55-52(69)49(51(68)35(4)75-55)59-53(70)42(58)25-36-19-21-37(57)22-20-36)29-46-48(54(71)72)45(65)31-56(73,77-46)30-40(62)27-44(64)43(63)24-23-38(60)26-39(61)28-47(66)74-34(3)33(2)50(32)67/h5-22,32-35,38-46,48-52,55,60-65,67-69,73H,23-31,58H2,1-4H3,(H,59,70)(H,71,72)/b6-5+,9-7+,10-8+,13-11+,14-12+,17-15+,18-16+/t32-,33-,34-,35-,38+,39+,40-,41-,42-,43+,44+,45-,46-,48+,49-,50+,51+,52-,55-,56+/m0/s1. The molecule has 4 rings (SSSR count). The fourth-order valence-electron chi connectivity index (χ4n) is 9.35. The predicted octanol–water partition coefficient (Wildman–Crippen LogP) is 2.04. The van der Waals surface area contributed by atoms with Crippen molar-refractivity contribution in [1.82, 2.24) is 5.32 Å². The minimum Gasteiger partial charge on any atom is -0.481 e. The number of nitrogens with two attached hydrogens (primary N) is 1. The zero-order valence-corrected chi connectivity index (χ0v) is 46.1. The van der Waals surface area contributed by atoms with E-state index in [1.165, 1.54) is 13.0 Å². The fourth-order valence-corrected chi connectivity index (χ4v) is 9.71. The molecule has 0 spiro atoms. The van der Waals surface area contributed by atoms with Crippen molar-refractivity contribution in [1.29, 1.82) is 0 Å². The van der Waals surface area contributed by atoms with Crippen molar-refractivity contribution < 1.29 is 89.5 Å². The van der Waals surface area contributed by atoms with Gasteiger partial charge in [0.2, 0.25) is 5.91 Å². The number of esters is 1. The first-order chi connectivity index (χ1) is 36.4. The van der Waals surface area contributed by atoms with Crippen molar-refractivity contribution >= 4 is 40.4 Å². The van der Waals surface area contributed by atoms with Crippen LogP contribution in [0.25, 0.3) is 0 Å². The molecule has 20 nitrogen and oxygen atoms in total. The summed E-state index contributed by atoms with van der Waals surface area (Å²) in [5.41, 5.74) is 7.04. The summed E-state index contributed by atoms with van der Waals surface area (Å²) in [6.45, 7) is 6.69. The van der Waals surface area contributed by atoms with Crippen molar-refractivity contribution in [2.75, 3.05) is 0 Å². The molecule has 3 heterocycles. The predicted molar refractivity (Wildman–Crippen MR) is 292 cm³/mol. The van der Waals surface area contributed by atoms with Crippen molar-refractivity contribution in [2.45, 2.75) is 189 Å². The van der Waals surface area contributed by atoms with E-state index in [0.717, 1.165) is 9.13 Å². The zero-order valence-electron chi connectivity index (χ0n) is 44.0. The summed E-state index contributed by atoms with van der Waals surface area (Å²) >= 11 is 2.15. The Kier molecular flexibility index (Phi) is 27.5. The maximum Gasteiger partial charge on any atom is 0.311 e. The topological polar surface area (TPSA) is 349 Å². The maximum absolute atomic E-state index is 13.4. The van der Waals surface area contributed by atoms with Crippen LogP contribution in [0.4, 0.5) is 0 Å². The summed E-state index contributed by atoms with van der Waals surface area (Å²) in [5, 5.41) is 124. The van der Waals surface area contributed by atoms with Crippen LogP contribution < -0.4 is 11.1 Å². The lowest BCUT2D eigenvalue weighted by atomic mass is 9.82. The number of carboxylic acids is 1. The second kappa shape index (κ2) is 32.3. The van der Waals surface area contributed by atoms with Crippen molar-refractivity contribution in [2.24, 2.45) is 23.5 Å². The molecule has 0 aliphatic carbocycles. The number of fused-ring (bicyclic) bond motifs is 2. The number of ether oxygens (including phenoxy) is 4. The molecule has 430 valence electrons.